The molecule has 1 nitrogen and oxygen atoms in total. The van der Waals surface area contributed by atoms with Gasteiger partial charge < -0.3 is 5.73 Å². The molecular formula is C12H10Br2INS. The summed E-state index contributed by atoms with van der Waals surface area (Å²) in [7, 11) is 0. The topological polar surface area (TPSA) is 26.0 Å². The van der Waals surface area contributed by atoms with Crippen LogP contribution >= 0.6 is 65.8 Å². The van der Waals surface area contributed by atoms with Gasteiger partial charge in [-0.15, -0.1) is 11.3 Å². The fraction of sp³-hybridized carbons (Fsp3) is 0.167. The van der Waals surface area contributed by atoms with Crippen molar-refractivity contribution >= 4 is 65.8 Å². The molecule has 5 heteroatoms. The van der Waals surface area contributed by atoms with Gasteiger partial charge in [-0.3, -0.25) is 0 Å². The van der Waals surface area contributed by atoms with E-state index in [4.69, 9.17) is 5.73 Å². The third-order valence-corrected chi connectivity index (χ3v) is 6.17. The van der Waals surface area contributed by atoms with Crippen molar-refractivity contribution in [2.45, 2.75) is 13.0 Å². The molecule has 1 atom stereocenters. The van der Waals surface area contributed by atoms with Crippen LogP contribution in [-0.2, 0) is 0 Å². The monoisotopic (exact) mass is 485 g/mol. The maximum absolute atomic E-state index is 6.33. The van der Waals surface area contributed by atoms with E-state index < -0.39 is 0 Å². The van der Waals surface area contributed by atoms with Crippen LogP contribution < -0.4 is 5.73 Å². The van der Waals surface area contributed by atoms with E-state index in [1.54, 1.807) is 11.3 Å². The zero-order valence-corrected chi connectivity index (χ0v) is 15.2. The Morgan fingerprint density at radius 2 is 2.00 bits per heavy atom. The molecule has 0 saturated heterocycles. The van der Waals surface area contributed by atoms with Gasteiger partial charge in [0.15, 0.2) is 0 Å². The van der Waals surface area contributed by atoms with Gasteiger partial charge in [0.1, 0.15) is 0 Å². The Hall–Kier alpha value is 0.570. The van der Waals surface area contributed by atoms with Gasteiger partial charge in [-0.1, -0.05) is 15.9 Å². The van der Waals surface area contributed by atoms with Gasteiger partial charge in [0.2, 0.25) is 0 Å². The molecule has 0 aliphatic rings. The van der Waals surface area contributed by atoms with E-state index in [1.165, 1.54) is 14.0 Å². The highest BCUT2D eigenvalue weighted by Gasteiger charge is 2.16. The number of benzene rings is 1. The second-order valence-electron chi connectivity index (χ2n) is 3.75. The molecule has 0 fully saturated rings. The molecule has 1 unspecified atom stereocenters. The minimum absolute atomic E-state index is 0.0607. The summed E-state index contributed by atoms with van der Waals surface area (Å²) >= 11 is 11.1. The predicted molar refractivity (Wildman–Crippen MR) is 89.6 cm³/mol. The highest BCUT2D eigenvalue weighted by molar-refractivity contribution is 14.1. The summed E-state index contributed by atoms with van der Waals surface area (Å²) in [6, 6.07) is 8.30. The zero-order valence-electron chi connectivity index (χ0n) is 9.01. The van der Waals surface area contributed by atoms with Crippen LogP contribution in [0.15, 0.2) is 32.5 Å². The number of hydrogen-bond donors (Lipinski definition) is 1. The first kappa shape index (κ1) is 14.0. The van der Waals surface area contributed by atoms with Crippen LogP contribution in [0.3, 0.4) is 0 Å². The average Bonchev–Trinajstić information content (AvgIpc) is 2.62. The molecule has 0 saturated carbocycles. The van der Waals surface area contributed by atoms with E-state index in [0.717, 1.165) is 13.8 Å². The predicted octanol–water partition coefficient (Wildman–Crippen LogP) is 5.23. The van der Waals surface area contributed by atoms with Crippen LogP contribution in [0, 0.1) is 10.5 Å². The fourth-order valence-corrected chi connectivity index (χ4v) is 4.18. The number of rotatable bonds is 2. The minimum Gasteiger partial charge on any atom is -0.320 e. The van der Waals surface area contributed by atoms with E-state index in [1.807, 2.05) is 6.07 Å². The van der Waals surface area contributed by atoms with E-state index in [9.17, 15) is 0 Å². The van der Waals surface area contributed by atoms with Crippen LogP contribution in [-0.4, -0.2) is 0 Å². The Labute approximate surface area is 135 Å². The van der Waals surface area contributed by atoms with E-state index in [-0.39, 0.29) is 6.04 Å². The molecule has 1 heterocycles. The Morgan fingerprint density at radius 3 is 2.59 bits per heavy atom. The number of halogens is 3. The normalized spacial score (nSPS) is 12.8. The largest absolute Gasteiger partial charge is 0.320 e. The van der Waals surface area contributed by atoms with Gasteiger partial charge in [0, 0.05) is 12.9 Å². The molecule has 0 bridgehead atoms. The van der Waals surface area contributed by atoms with Crippen LogP contribution in [0.4, 0.5) is 0 Å². The summed E-state index contributed by atoms with van der Waals surface area (Å²) in [5, 5.41) is 0. The Balaban J connectivity index is 2.42. The van der Waals surface area contributed by atoms with E-state index >= 15 is 0 Å². The molecule has 2 rings (SSSR count). The highest BCUT2D eigenvalue weighted by Crippen LogP contribution is 2.35. The van der Waals surface area contributed by atoms with Crippen molar-refractivity contribution in [3.05, 3.63) is 52.1 Å². The molecule has 0 aliphatic carbocycles. The lowest BCUT2D eigenvalue weighted by atomic mass is 10.1. The van der Waals surface area contributed by atoms with Crippen LogP contribution in [0.25, 0.3) is 0 Å². The third-order valence-electron chi connectivity index (χ3n) is 2.48. The Bertz CT molecular complexity index is 534. The molecular weight excluding hydrogens is 477 g/mol. The summed E-state index contributed by atoms with van der Waals surface area (Å²) in [5.41, 5.74) is 8.73. The summed E-state index contributed by atoms with van der Waals surface area (Å²) in [5.74, 6) is 0. The third kappa shape index (κ3) is 3.12. The van der Waals surface area contributed by atoms with Gasteiger partial charge in [-0.05, 0) is 80.8 Å². The van der Waals surface area contributed by atoms with E-state index in [2.05, 4.69) is 79.6 Å². The molecule has 0 spiro atoms. The van der Waals surface area contributed by atoms with Gasteiger partial charge in [0.25, 0.3) is 0 Å². The van der Waals surface area contributed by atoms with Crippen molar-refractivity contribution < 1.29 is 0 Å². The molecule has 1 aromatic heterocycles. The summed E-state index contributed by atoms with van der Waals surface area (Å²) in [6.45, 7) is 2.09. The Morgan fingerprint density at radius 1 is 1.29 bits per heavy atom. The van der Waals surface area contributed by atoms with Crippen molar-refractivity contribution in [2.24, 2.45) is 5.73 Å². The second-order valence-corrected chi connectivity index (χ2v) is 8.23. The van der Waals surface area contributed by atoms with Crippen LogP contribution in [0.2, 0.25) is 0 Å². The lowest BCUT2D eigenvalue weighted by molar-refractivity contribution is 0.885. The van der Waals surface area contributed by atoms with Crippen molar-refractivity contribution in [1.29, 1.82) is 0 Å². The van der Waals surface area contributed by atoms with Crippen molar-refractivity contribution in [1.82, 2.24) is 0 Å². The summed E-state index contributed by atoms with van der Waals surface area (Å²) < 4.78 is 3.42. The van der Waals surface area contributed by atoms with Gasteiger partial charge in [-0.25, -0.2) is 0 Å². The lowest BCUT2D eigenvalue weighted by Crippen LogP contribution is -2.11. The molecule has 17 heavy (non-hydrogen) atoms. The standard InChI is InChI=1S/C12H10Br2INS/c1-6-4-10(17-12(6)14)11(16)8-5-7(13)2-3-9(8)15/h2-5,11H,16H2,1H3. The highest BCUT2D eigenvalue weighted by atomic mass is 127. The first-order valence-electron chi connectivity index (χ1n) is 4.95. The first-order valence-corrected chi connectivity index (χ1v) is 8.43. The van der Waals surface area contributed by atoms with E-state index in [0.29, 0.717) is 0 Å². The van der Waals surface area contributed by atoms with Crippen molar-refractivity contribution in [2.75, 3.05) is 0 Å². The quantitative estimate of drug-likeness (QED) is 0.578. The molecule has 0 aliphatic heterocycles. The average molecular weight is 487 g/mol. The maximum Gasteiger partial charge on any atom is 0.0731 e. The molecule has 0 radical (unpaired) electrons. The molecule has 1 aromatic carbocycles. The van der Waals surface area contributed by atoms with Crippen molar-refractivity contribution in [3.63, 3.8) is 0 Å². The van der Waals surface area contributed by atoms with Crippen LogP contribution in [0.1, 0.15) is 22.0 Å². The number of hydrogen-bond acceptors (Lipinski definition) is 2. The van der Waals surface area contributed by atoms with Crippen molar-refractivity contribution in [3.8, 4) is 0 Å². The number of aryl methyl sites for hydroxylation is 1. The van der Waals surface area contributed by atoms with Gasteiger partial charge in [0.05, 0.1) is 9.83 Å². The molecule has 2 aromatic rings. The molecule has 0 amide bonds. The Kier molecular flexibility index (Phi) is 4.68. The van der Waals surface area contributed by atoms with Gasteiger partial charge in [-0.2, -0.15) is 0 Å². The lowest BCUT2D eigenvalue weighted by Gasteiger charge is -2.12. The van der Waals surface area contributed by atoms with Crippen LogP contribution in [0.5, 0.6) is 0 Å². The smallest absolute Gasteiger partial charge is 0.0731 e. The zero-order chi connectivity index (χ0) is 12.6. The van der Waals surface area contributed by atoms with Gasteiger partial charge >= 0.3 is 0 Å². The maximum atomic E-state index is 6.33. The summed E-state index contributed by atoms with van der Waals surface area (Å²) in [4.78, 5) is 1.19. The fourth-order valence-electron chi connectivity index (χ4n) is 1.54. The molecule has 90 valence electrons. The minimum atomic E-state index is -0.0607. The number of thiophene rings is 1. The SMILES string of the molecule is Cc1cc(C(N)c2cc(Br)ccc2I)sc1Br. The number of nitrogens with two attached hydrogens (primary N) is 1. The second kappa shape index (κ2) is 5.69. The first-order chi connectivity index (χ1) is 7.99. The summed E-state index contributed by atoms with van der Waals surface area (Å²) in [6.07, 6.45) is 0. The molecule has 2 N–H and O–H groups in total.